The summed E-state index contributed by atoms with van der Waals surface area (Å²) >= 11 is 1.55. The van der Waals surface area contributed by atoms with E-state index in [-0.39, 0.29) is 11.9 Å². The van der Waals surface area contributed by atoms with Crippen LogP contribution in [-0.4, -0.2) is 19.9 Å². The number of rotatable bonds is 3. The van der Waals surface area contributed by atoms with Gasteiger partial charge in [-0.1, -0.05) is 23.4 Å². The lowest BCUT2D eigenvalue weighted by Crippen LogP contribution is -2.21. The largest absolute Gasteiger partial charge is 0.365 e. The molecule has 3 aromatic heterocycles. The second-order valence-electron chi connectivity index (χ2n) is 5.95. The average Bonchev–Trinajstić information content (AvgIpc) is 3.40. The van der Waals surface area contributed by atoms with Crippen molar-refractivity contribution in [2.75, 3.05) is 0 Å². The zero-order valence-electron chi connectivity index (χ0n) is 13.5. The van der Waals surface area contributed by atoms with Gasteiger partial charge in [0.1, 0.15) is 11.9 Å². The van der Waals surface area contributed by atoms with E-state index in [0.29, 0.717) is 30.6 Å². The third kappa shape index (κ3) is 2.73. The number of hydrogen-bond donors (Lipinski definition) is 0. The van der Waals surface area contributed by atoms with Crippen LogP contribution in [0.15, 0.2) is 52.4 Å². The summed E-state index contributed by atoms with van der Waals surface area (Å²) in [5, 5.41) is 10.6. The van der Waals surface area contributed by atoms with E-state index in [9.17, 15) is 4.39 Å². The highest BCUT2D eigenvalue weighted by molar-refractivity contribution is 7.13. The molecule has 0 spiro atoms. The Labute approximate surface area is 151 Å². The van der Waals surface area contributed by atoms with Crippen LogP contribution in [-0.2, 0) is 17.9 Å². The van der Waals surface area contributed by atoms with E-state index in [4.69, 9.17) is 9.26 Å². The van der Waals surface area contributed by atoms with Crippen molar-refractivity contribution in [1.29, 1.82) is 0 Å². The second-order valence-corrected chi connectivity index (χ2v) is 6.90. The lowest BCUT2D eigenvalue weighted by molar-refractivity contribution is -0.00116. The molecule has 0 bridgehead atoms. The average molecular weight is 368 g/mol. The minimum atomic E-state index is -0.260. The lowest BCUT2D eigenvalue weighted by Gasteiger charge is -2.24. The standard InChI is InChI=1S/C18H13FN4O2S/c19-12-5-3-11(4-6-12)15-9-23-13(10-24-15)8-14(21-23)18-20-17(22-25-18)16-2-1-7-26-16/h1-8,15H,9-10H2/t15-/m1/s1. The first-order valence-electron chi connectivity index (χ1n) is 8.08. The summed E-state index contributed by atoms with van der Waals surface area (Å²) in [6.07, 6.45) is -0.166. The van der Waals surface area contributed by atoms with E-state index in [0.717, 1.165) is 16.1 Å². The fourth-order valence-corrected chi connectivity index (χ4v) is 3.59. The smallest absolute Gasteiger partial charge is 0.278 e. The van der Waals surface area contributed by atoms with Crippen LogP contribution in [0.25, 0.3) is 22.3 Å². The Hall–Kier alpha value is -2.84. The van der Waals surface area contributed by atoms with Gasteiger partial charge in [0.15, 0.2) is 5.69 Å². The van der Waals surface area contributed by atoms with Crippen molar-refractivity contribution in [2.24, 2.45) is 0 Å². The first-order valence-corrected chi connectivity index (χ1v) is 8.96. The van der Waals surface area contributed by atoms with Gasteiger partial charge in [0.25, 0.3) is 5.89 Å². The van der Waals surface area contributed by atoms with Crippen molar-refractivity contribution in [1.82, 2.24) is 19.9 Å². The summed E-state index contributed by atoms with van der Waals surface area (Å²) in [4.78, 5) is 5.38. The highest BCUT2D eigenvalue weighted by Crippen LogP contribution is 2.30. The van der Waals surface area contributed by atoms with Crippen molar-refractivity contribution in [3.63, 3.8) is 0 Å². The van der Waals surface area contributed by atoms with Crippen LogP contribution >= 0.6 is 11.3 Å². The molecule has 5 rings (SSSR count). The Morgan fingerprint density at radius 3 is 2.88 bits per heavy atom. The number of benzene rings is 1. The quantitative estimate of drug-likeness (QED) is 0.545. The highest BCUT2D eigenvalue weighted by Gasteiger charge is 2.24. The zero-order valence-corrected chi connectivity index (χ0v) is 14.3. The number of thiophene rings is 1. The van der Waals surface area contributed by atoms with E-state index < -0.39 is 0 Å². The van der Waals surface area contributed by atoms with Crippen molar-refractivity contribution >= 4 is 11.3 Å². The molecule has 0 radical (unpaired) electrons. The molecule has 0 aliphatic carbocycles. The zero-order chi connectivity index (χ0) is 17.5. The van der Waals surface area contributed by atoms with Gasteiger partial charge in [0.05, 0.1) is 23.7 Å². The molecule has 0 unspecified atom stereocenters. The van der Waals surface area contributed by atoms with Gasteiger partial charge in [-0.15, -0.1) is 11.3 Å². The number of halogens is 1. The van der Waals surface area contributed by atoms with Crippen molar-refractivity contribution < 1.29 is 13.7 Å². The normalized spacial score (nSPS) is 16.6. The summed E-state index contributed by atoms with van der Waals surface area (Å²) in [6, 6.07) is 12.1. The molecular weight excluding hydrogens is 355 g/mol. The summed E-state index contributed by atoms with van der Waals surface area (Å²) < 4.78 is 26.2. The van der Waals surface area contributed by atoms with Gasteiger partial charge in [-0.3, -0.25) is 4.68 Å². The van der Waals surface area contributed by atoms with Crippen LogP contribution in [0, 0.1) is 5.82 Å². The summed E-state index contributed by atoms with van der Waals surface area (Å²) in [5.41, 5.74) is 2.49. The fourth-order valence-electron chi connectivity index (χ4n) is 2.94. The third-order valence-corrected chi connectivity index (χ3v) is 5.13. The first kappa shape index (κ1) is 15.4. The molecule has 130 valence electrons. The first-order chi connectivity index (χ1) is 12.8. The van der Waals surface area contributed by atoms with E-state index >= 15 is 0 Å². The van der Waals surface area contributed by atoms with Crippen LogP contribution in [0.3, 0.4) is 0 Å². The van der Waals surface area contributed by atoms with Gasteiger partial charge in [-0.05, 0) is 35.2 Å². The van der Waals surface area contributed by atoms with Crippen LogP contribution in [0.2, 0.25) is 0 Å². The molecule has 1 atom stereocenters. The van der Waals surface area contributed by atoms with Crippen LogP contribution < -0.4 is 0 Å². The van der Waals surface area contributed by atoms with Gasteiger partial charge in [-0.25, -0.2) is 4.39 Å². The van der Waals surface area contributed by atoms with Crippen molar-refractivity contribution in [3.05, 3.63) is 64.9 Å². The number of ether oxygens (including phenoxy) is 1. The van der Waals surface area contributed by atoms with Gasteiger partial charge < -0.3 is 9.26 Å². The fraction of sp³-hybridized carbons (Fsp3) is 0.167. The Bertz CT molecular complexity index is 1040. The van der Waals surface area contributed by atoms with E-state index in [1.165, 1.54) is 12.1 Å². The summed E-state index contributed by atoms with van der Waals surface area (Å²) in [7, 11) is 0. The molecule has 0 saturated carbocycles. The summed E-state index contributed by atoms with van der Waals surface area (Å²) in [6.45, 7) is 0.966. The molecular formula is C18H13FN4O2S. The molecule has 26 heavy (non-hydrogen) atoms. The molecule has 0 saturated heterocycles. The monoisotopic (exact) mass is 368 g/mol. The Kier molecular flexibility index (Phi) is 3.65. The maximum atomic E-state index is 13.1. The SMILES string of the molecule is Fc1ccc([C@H]2Cn3nc(-c4nc(-c5cccs5)no4)cc3CO2)cc1. The predicted molar refractivity (Wildman–Crippen MR) is 92.8 cm³/mol. The molecule has 1 aromatic carbocycles. The van der Waals surface area contributed by atoms with E-state index in [1.54, 1.807) is 23.5 Å². The van der Waals surface area contributed by atoms with Crippen LogP contribution in [0.1, 0.15) is 17.4 Å². The Morgan fingerprint density at radius 2 is 2.08 bits per heavy atom. The Morgan fingerprint density at radius 1 is 1.19 bits per heavy atom. The van der Waals surface area contributed by atoms with E-state index in [2.05, 4.69) is 15.2 Å². The third-order valence-electron chi connectivity index (χ3n) is 4.26. The van der Waals surface area contributed by atoms with Gasteiger partial charge in [-0.2, -0.15) is 10.1 Å². The highest BCUT2D eigenvalue weighted by atomic mass is 32.1. The van der Waals surface area contributed by atoms with Gasteiger partial charge >= 0.3 is 0 Å². The van der Waals surface area contributed by atoms with Crippen LogP contribution in [0.4, 0.5) is 4.39 Å². The van der Waals surface area contributed by atoms with Crippen LogP contribution in [0.5, 0.6) is 0 Å². The molecule has 6 nitrogen and oxygen atoms in total. The summed E-state index contributed by atoms with van der Waals surface area (Å²) in [5.74, 6) is 0.680. The number of fused-ring (bicyclic) bond motifs is 1. The predicted octanol–water partition coefficient (Wildman–Crippen LogP) is 4.07. The molecule has 0 N–H and O–H groups in total. The van der Waals surface area contributed by atoms with Crippen molar-refractivity contribution in [2.45, 2.75) is 19.3 Å². The molecule has 8 heteroatoms. The van der Waals surface area contributed by atoms with Crippen molar-refractivity contribution in [3.8, 4) is 22.3 Å². The van der Waals surface area contributed by atoms with Gasteiger partial charge in [0, 0.05) is 0 Å². The molecule has 0 fully saturated rings. The number of nitrogens with zero attached hydrogens (tertiary/aromatic N) is 4. The number of aromatic nitrogens is 4. The minimum Gasteiger partial charge on any atom is -0.365 e. The van der Waals surface area contributed by atoms with Gasteiger partial charge in [0.2, 0.25) is 5.82 Å². The lowest BCUT2D eigenvalue weighted by atomic mass is 10.1. The Balaban J connectivity index is 1.40. The molecule has 1 aliphatic rings. The number of hydrogen-bond acceptors (Lipinski definition) is 6. The topological polar surface area (TPSA) is 66.0 Å². The molecule has 4 aromatic rings. The maximum absolute atomic E-state index is 13.1. The second kappa shape index (κ2) is 6.15. The molecule has 4 heterocycles. The molecule has 1 aliphatic heterocycles. The van der Waals surface area contributed by atoms with E-state index in [1.807, 2.05) is 28.3 Å². The minimum absolute atomic E-state index is 0.166. The molecule has 0 amide bonds. The maximum Gasteiger partial charge on any atom is 0.278 e.